The molecule has 0 aliphatic heterocycles. The smallest absolute Gasteiger partial charge is 0.276 e. The summed E-state index contributed by atoms with van der Waals surface area (Å²) in [5.41, 5.74) is 6.09. The number of nitrogens with one attached hydrogen (secondary N) is 3. The molecule has 5 nitrogen and oxygen atoms in total. The fraction of sp³-hybridized carbons (Fsp3) is 0.333. The van der Waals surface area contributed by atoms with Crippen molar-refractivity contribution in [2.45, 2.75) is 13.8 Å². The van der Waals surface area contributed by atoms with E-state index in [0.717, 1.165) is 5.56 Å². The fourth-order valence-electron chi connectivity index (χ4n) is 1.22. The molecule has 0 atom stereocenters. The molecule has 0 aliphatic rings. The number of hydrogen-bond donors (Lipinski definition) is 3. The van der Waals surface area contributed by atoms with Gasteiger partial charge >= 0.3 is 0 Å². The predicted octanol–water partition coefficient (Wildman–Crippen LogP) is 0.889. The topological polar surface area (TPSA) is 62.4 Å². The van der Waals surface area contributed by atoms with Crippen molar-refractivity contribution in [3.8, 4) is 5.75 Å². The Hall–Kier alpha value is -1.82. The van der Waals surface area contributed by atoms with Crippen LogP contribution < -0.4 is 20.9 Å². The molecule has 0 aliphatic carbocycles. The lowest BCUT2D eigenvalue weighted by atomic mass is 10.2. The molecular weight excluding hydrogens is 250 g/mol. The van der Waals surface area contributed by atoms with Crippen LogP contribution in [-0.2, 0) is 4.79 Å². The Kier molecular flexibility index (Phi) is 5.93. The van der Waals surface area contributed by atoms with E-state index in [9.17, 15) is 4.79 Å². The van der Waals surface area contributed by atoms with Gasteiger partial charge in [-0.25, -0.2) is 0 Å². The molecule has 0 aromatic heterocycles. The highest BCUT2D eigenvalue weighted by Gasteiger charge is 2.02. The van der Waals surface area contributed by atoms with Gasteiger partial charge in [0.25, 0.3) is 5.91 Å². The minimum absolute atomic E-state index is 0.0643. The van der Waals surface area contributed by atoms with E-state index in [1.54, 1.807) is 6.07 Å². The molecule has 98 valence electrons. The first-order valence-electron chi connectivity index (χ1n) is 5.64. The van der Waals surface area contributed by atoms with Gasteiger partial charge in [-0.15, -0.1) is 0 Å². The van der Waals surface area contributed by atoms with Crippen LogP contribution in [-0.4, -0.2) is 24.2 Å². The second kappa shape index (κ2) is 7.50. The Balaban J connectivity index is 2.27. The summed E-state index contributed by atoms with van der Waals surface area (Å²) in [6.45, 7) is 4.51. The van der Waals surface area contributed by atoms with Gasteiger partial charge in [0.1, 0.15) is 5.75 Å². The summed E-state index contributed by atoms with van der Waals surface area (Å²) in [7, 11) is 0. The fourth-order valence-corrected chi connectivity index (χ4v) is 1.42. The van der Waals surface area contributed by atoms with E-state index < -0.39 is 0 Å². The largest absolute Gasteiger partial charge is 0.484 e. The summed E-state index contributed by atoms with van der Waals surface area (Å²) in [6.07, 6.45) is 0. The van der Waals surface area contributed by atoms with Crippen LogP contribution in [0.4, 0.5) is 0 Å². The zero-order valence-electron chi connectivity index (χ0n) is 10.4. The molecule has 0 spiro atoms. The number of benzene rings is 1. The molecule has 0 heterocycles. The number of carbonyl (C=O) groups is 1. The van der Waals surface area contributed by atoms with Crippen molar-refractivity contribution in [2.24, 2.45) is 0 Å². The number of rotatable bonds is 4. The molecule has 0 radical (unpaired) electrons. The van der Waals surface area contributed by atoms with E-state index in [1.807, 2.05) is 32.0 Å². The van der Waals surface area contributed by atoms with Crippen LogP contribution in [0.25, 0.3) is 0 Å². The first-order chi connectivity index (χ1) is 8.61. The third-order valence-corrected chi connectivity index (χ3v) is 2.26. The van der Waals surface area contributed by atoms with E-state index in [4.69, 9.17) is 17.0 Å². The molecule has 1 amide bonds. The average Bonchev–Trinajstić information content (AvgIpc) is 2.34. The molecule has 1 rings (SSSR count). The molecule has 0 saturated carbocycles. The van der Waals surface area contributed by atoms with Gasteiger partial charge in [-0.05, 0) is 43.8 Å². The van der Waals surface area contributed by atoms with Crippen LogP contribution in [0, 0.1) is 6.92 Å². The maximum atomic E-state index is 11.4. The van der Waals surface area contributed by atoms with Gasteiger partial charge in [0.05, 0.1) is 0 Å². The number of hydrazine groups is 1. The summed E-state index contributed by atoms with van der Waals surface area (Å²) in [5.74, 6) is 0.371. The highest BCUT2D eigenvalue weighted by molar-refractivity contribution is 7.80. The Morgan fingerprint density at radius 1 is 1.39 bits per heavy atom. The molecule has 0 bridgehead atoms. The van der Waals surface area contributed by atoms with Gasteiger partial charge in [0.2, 0.25) is 0 Å². The highest BCUT2D eigenvalue weighted by atomic mass is 32.1. The minimum atomic E-state index is -0.295. The van der Waals surface area contributed by atoms with Gasteiger partial charge in [-0.1, -0.05) is 12.1 Å². The quantitative estimate of drug-likeness (QED) is 0.558. The molecule has 0 fully saturated rings. The molecule has 6 heteroatoms. The zero-order valence-corrected chi connectivity index (χ0v) is 11.3. The first kappa shape index (κ1) is 14.2. The van der Waals surface area contributed by atoms with Crippen molar-refractivity contribution in [1.82, 2.24) is 16.2 Å². The Bertz CT molecular complexity index is 424. The van der Waals surface area contributed by atoms with Gasteiger partial charge in [0.15, 0.2) is 11.7 Å². The third-order valence-electron chi connectivity index (χ3n) is 2.01. The Morgan fingerprint density at radius 2 is 2.17 bits per heavy atom. The van der Waals surface area contributed by atoms with Crippen molar-refractivity contribution in [3.63, 3.8) is 0 Å². The van der Waals surface area contributed by atoms with E-state index in [0.29, 0.717) is 17.4 Å². The summed E-state index contributed by atoms with van der Waals surface area (Å²) in [5, 5.41) is 3.22. The number of amides is 1. The molecular formula is C12H17N3O2S. The third kappa shape index (κ3) is 5.49. The van der Waals surface area contributed by atoms with Crippen molar-refractivity contribution in [1.29, 1.82) is 0 Å². The van der Waals surface area contributed by atoms with Crippen molar-refractivity contribution in [3.05, 3.63) is 29.8 Å². The number of ether oxygens (including phenoxy) is 1. The summed E-state index contributed by atoms with van der Waals surface area (Å²) >= 11 is 4.89. The summed E-state index contributed by atoms with van der Waals surface area (Å²) in [6, 6.07) is 7.51. The minimum Gasteiger partial charge on any atom is -0.484 e. The van der Waals surface area contributed by atoms with Crippen LogP contribution in [0.15, 0.2) is 24.3 Å². The second-order valence-electron chi connectivity index (χ2n) is 3.64. The van der Waals surface area contributed by atoms with Gasteiger partial charge in [-0.2, -0.15) is 0 Å². The summed E-state index contributed by atoms with van der Waals surface area (Å²) < 4.78 is 5.33. The maximum absolute atomic E-state index is 11.4. The number of aryl methyl sites for hydroxylation is 1. The van der Waals surface area contributed by atoms with E-state index in [1.165, 1.54) is 0 Å². The monoisotopic (exact) mass is 267 g/mol. The van der Waals surface area contributed by atoms with Crippen molar-refractivity contribution < 1.29 is 9.53 Å². The van der Waals surface area contributed by atoms with Crippen LogP contribution in [0.2, 0.25) is 0 Å². The van der Waals surface area contributed by atoms with Crippen molar-refractivity contribution in [2.75, 3.05) is 13.2 Å². The lowest BCUT2D eigenvalue weighted by Crippen LogP contribution is -2.48. The Labute approximate surface area is 112 Å². The number of hydrogen-bond acceptors (Lipinski definition) is 3. The van der Waals surface area contributed by atoms with Gasteiger partial charge in [-0.3, -0.25) is 15.6 Å². The van der Waals surface area contributed by atoms with Crippen LogP contribution in [0.5, 0.6) is 5.75 Å². The molecule has 3 N–H and O–H groups in total. The van der Waals surface area contributed by atoms with E-state index in [-0.39, 0.29) is 12.5 Å². The predicted molar refractivity (Wildman–Crippen MR) is 74.2 cm³/mol. The number of thiocarbonyl (C=S) groups is 1. The number of carbonyl (C=O) groups excluding carboxylic acids is 1. The normalized spacial score (nSPS) is 9.44. The van der Waals surface area contributed by atoms with Crippen LogP contribution in [0.1, 0.15) is 12.5 Å². The zero-order chi connectivity index (χ0) is 13.4. The lowest BCUT2D eigenvalue weighted by molar-refractivity contribution is -0.123. The molecule has 1 aromatic carbocycles. The van der Waals surface area contributed by atoms with E-state index >= 15 is 0 Å². The van der Waals surface area contributed by atoms with Crippen LogP contribution >= 0.6 is 12.2 Å². The summed E-state index contributed by atoms with van der Waals surface area (Å²) in [4.78, 5) is 11.4. The highest BCUT2D eigenvalue weighted by Crippen LogP contribution is 2.11. The Morgan fingerprint density at radius 3 is 2.83 bits per heavy atom. The van der Waals surface area contributed by atoms with E-state index in [2.05, 4.69) is 16.2 Å². The van der Waals surface area contributed by atoms with Gasteiger partial charge in [0, 0.05) is 6.54 Å². The molecule has 18 heavy (non-hydrogen) atoms. The van der Waals surface area contributed by atoms with Crippen LogP contribution in [0.3, 0.4) is 0 Å². The molecule has 1 aromatic rings. The first-order valence-corrected chi connectivity index (χ1v) is 6.04. The second-order valence-corrected chi connectivity index (χ2v) is 4.05. The molecule has 0 unspecified atom stereocenters. The SMILES string of the molecule is CCNC(=S)NNC(=O)COc1cccc(C)c1. The maximum Gasteiger partial charge on any atom is 0.276 e. The lowest BCUT2D eigenvalue weighted by Gasteiger charge is -2.11. The van der Waals surface area contributed by atoms with Gasteiger partial charge < -0.3 is 10.1 Å². The standard InChI is InChI=1S/C12H17N3O2S/c1-3-13-12(18)15-14-11(16)8-17-10-6-4-5-9(2)7-10/h4-7H,3,8H2,1-2H3,(H,14,16)(H2,13,15,18). The average molecular weight is 267 g/mol. The molecule has 0 saturated heterocycles. The van der Waals surface area contributed by atoms with Crippen molar-refractivity contribution >= 4 is 23.2 Å².